The lowest BCUT2D eigenvalue weighted by Crippen LogP contribution is -2.29. The van der Waals surface area contributed by atoms with E-state index >= 15 is 0 Å². The monoisotopic (exact) mass is 455 g/mol. The van der Waals surface area contributed by atoms with E-state index in [1.165, 1.54) is 27.8 Å². The average Bonchev–Trinajstić information content (AvgIpc) is 3.33. The van der Waals surface area contributed by atoms with Gasteiger partial charge in [-0.25, -0.2) is 13.8 Å². The highest BCUT2D eigenvalue weighted by Crippen LogP contribution is 2.45. The summed E-state index contributed by atoms with van der Waals surface area (Å²) in [4.78, 5) is 21.2. The summed E-state index contributed by atoms with van der Waals surface area (Å²) in [6, 6.07) is 10.9. The van der Waals surface area contributed by atoms with Crippen molar-refractivity contribution in [3.63, 3.8) is 0 Å². The Hall–Kier alpha value is -2.68. The number of halogens is 2. The van der Waals surface area contributed by atoms with E-state index in [-0.39, 0.29) is 5.56 Å². The normalized spacial score (nSPS) is 14.0. The molecule has 0 atom stereocenters. The van der Waals surface area contributed by atoms with E-state index in [1.54, 1.807) is 11.3 Å². The molecule has 1 N–H and O–H groups in total. The minimum atomic E-state index is -0.877. The third kappa shape index (κ3) is 3.75. The Morgan fingerprint density at radius 2 is 2.03 bits per heavy atom. The largest absolute Gasteiger partial charge is 0.313 e. The number of amides is 1. The van der Waals surface area contributed by atoms with E-state index in [9.17, 15) is 13.6 Å². The standard InChI is InChI=1S/C23H19F2N3OS2/c1-2-28-10-9-15-19(12-28)31-23(27-21(29)14-8-7-13(24)11-16(14)25)20(15)22-26-17-5-3-4-6-18(17)30-22/h3-8,11H,2,9-10,12H2,1H3,(H,27,29). The predicted molar refractivity (Wildman–Crippen MR) is 122 cm³/mol. The minimum Gasteiger partial charge on any atom is -0.313 e. The number of anilines is 1. The molecule has 31 heavy (non-hydrogen) atoms. The molecule has 158 valence electrons. The molecule has 0 spiro atoms. The van der Waals surface area contributed by atoms with Crippen molar-refractivity contribution < 1.29 is 13.6 Å². The molecule has 5 rings (SSSR count). The fourth-order valence-electron chi connectivity index (χ4n) is 3.86. The zero-order chi connectivity index (χ0) is 21.5. The molecule has 2 aromatic heterocycles. The summed E-state index contributed by atoms with van der Waals surface area (Å²) in [7, 11) is 0. The van der Waals surface area contributed by atoms with Gasteiger partial charge in [-0.2, -0.15) is 0 Å². The smallest absolute Gasteiger partial charge is 0.259 e. The maximum atomic E-state index is 14.2. The van der Waals surface area contributed by atoms with Crippen LogP contribution in [-0.2, 0) is 13.0 Å². The van der Waals surface area contributed by atoms with Gasteiger partial charge in [0.25, 0.3) is 5.91 Å². The molecule has 0 radical (unpaired) electrons. The Morgan fingerprint density at radius 3 is 2.81 bits per heavy atom. The first-order valence-corrected chi connectivity index (χ1v) is 11.7. The van der Waals surface area contributed by atoms with Crippen LogP contribution in [0.25, 0.3) is 20.8 Å². The predicted octanol–water partition coefficient (Wildman–Crippen LogP) is 5.93. The van der Waals surface area contributed by atoms with Crippen LogP contribution in [0.5, 0.6) is 0 Å². The average molecular weight is 456 g/mol. The number of aromatic nitrogens is 1. The maximum Gasteiger partial charge on any atom is 0.259 e. The Kier molecular flexibility index (Phi) is 5.29. The van der Waals surface area contributed by atoms with E-state index in [4.69, 9.17) is 4.98 Å². The van der Waals surface area contributed by atoms with Gasteiger partial charge in [-0.3, -0.25) is 9.69 Å². The van der Waals surface area contributed by atoms with Gasteiger partial charge in [-0.1, -0.05) is 19.1 Å². The maximum absolute atomic E-state index is 14.2. The highest BCUT2D eigenvalue weighted by molar-refractivity contribution is 7.23. The second-order valence-electron chi connectivity index (χ2n) is 7.39. The van der Waals surface area contributed by atoms with Crippen LogP contribution in [0, 0.1) is 11.6 Å². The molecule has 3 heterocycles. The third-order valence-electron chi connectivity index (χ3n) is 5.49. The molecule has 0 fully saturated rings. The lowest BCUT2D eigenvalue weighted by molar-refractivity contribution is 0.102. The first-order chi connectivity index (χ1) is 15.0. The molecule has 0 aliphatic carbocycles. The van der Waals surface area contributed by atoms with Crippen LogP contribution in [0.15, 0.2) is 42.5 Å². The second-order valence-corrected chi connectivity index (χ2v) is 9.53. The fraction of sp³-hybridized carbons (Fsp3) is 0.217. The fourth-order valence-corrected chi connectivity index (χ4v) is 6.26. The number of thiophene rings is 1. The summed E-state index contributed by atoms with van der Waals surface area (Å²) in [6.07, 6.45) is 0.867. The van der Waals surface area contributed by atoms with Gasteiger partial charge in [-0.05, 0) is 42.8 Å². The molecule has 1 aliphatic heterocycles. The highest BCUT2D eigenvalue weighted by atomic mass is 32.1. The SMILES string of the molecule is CCN1CCc2c(sc(NC(=O)c3ccc(F)cc3F)c2-c2nc3ccccc3s2)C1. The number of likely N-dealkylation sites (N-methyl/N-ethyl adjacent to an activating group) is 1. The molecule has 0 unspecified atom stereocenters. The van der Waals surface area contributed by atoms with E-state index in [1.807, 2.05) is 24.3 Å². The van der Waals surface area contributed by atoms with Gasteiger partial charge in [0.15, 0.2) is 0 Å². The second kappa shape index (κ2) is 8.11. The van der Waals surface area contributed by atoms with Crippen LogP contribution >= 0.6 is 22.7 Å². The van der Waals surface area contributed by atoms with Gasteiger partial charge in [0.1, 0.15) is 21.6 Å². The quantitative estimate of drug-likeness (QED) is 0.415. The third-order valence-corrected chi connectivity index (χ3v) is 7.68. The molecular formula is C23H19F2N3OS2. The summed E-state index contributed by atoms with van der Waals surface area (Å²) >= 11 is 3.10. The lowest BCUT2D eigenvalue weighted by Gasteiger charge is -2.25. The molecule has 8 heteroatoms. The van der Waals surface area contributed by atoms with Gasteiger partial charge in [0.2, 0.25) is 0 Å². The van der Waals surface area contributed by atoms with Crippen molar-refractivity contribution in [2.45, 2.75) is 19.9 Å². The molecular weight excluding hydrogens is 436 g/mol. The van der Waals surface area contributed by atoms with E-state index < -0.39 is 17.5 Å². The highest BCUT2D eigenvalue weighted by Gasteiger charge is 2.28. The zero-order valence-electron chi connectivity index (χ0n) is 16.7. The Morgan fingerprint density at radius 1 is 1.19 bits per heavy atom. The van der Waals surface area contributed by atoms with Crippen molar-refractivity contribution in [2.75, 3.05) is 18.4 Å². The summed E-state index contributed by atoms with van der Waals surface area (Å²) in [5, 5.41) is 4.39. The van der Waals surface area contributed by atoms with Crippen LogP contribution in [0.3, 0.4) is 0 Å². The minimum absolute atomic E-state index is 0.182. The summed E-state index contributed by atoms with van der Waals surface area (Å²) in [5.41, 5.74) is 2.85. The van der Waals surface area contributed by atoms with Crippen molar-refractivity contribution in [1.29, 1.82) is 0 Å². The number of nitrogens with zero attached hydrogens (tertiary/aromatic N) is 2. The molecule has 1 aliphatic rings. The van der Waals surface area contributed by atoms with Gasteiger partial charge < -0.3 is 5.32 Å². The van der Waals surface area contributed by atoms with Crippen molar-refractivity contribution in [1.82, 2.24) is 9.88 Å². The number of thiazole rings is 1. The summed E-state index contributed by atoms with van der Waals surface area (Å²) in [5.74, 6) is -2.18. The Balaban J connectivity index is 1.59. The number of carbonyl (C=O) groups excluding carboxylic acids is 1. The molecule has 4 aromatic rings. The van der Waals surface area contributed by atoms with Gasteiger partial charge in [-0.15, -0.1) is 22.7 Å². The van der Waals surface area contributed by atoms with Crippen LogP contribution < -0.4 is 5.32 Å². The molecule has 2 aromatic carbocycles. The van der Waals surface area contributed by atoms with Crippen LogP contribution in [-0.4, -0.2) is 28.9 Å². The Bertz CT molecular complexity index is 1260. The van der Waals surface area contributed by atoms with Crippen LogP contribution in [0.2, 0.25) is 0 Å². The molecule has 0 saturated carbocycles. The molecule has 4 nitrogen and oxygen atoms in total. The van der Waals surface area contributed by atoms with Crippen molar-refractivity contribution in [3.05, 3.63) is 70.1 Å². The summed E-state index contributed by atoms with van der Waals surface area (Å²) < 4.78 is 28.5. The summed E-state index contributed by atoms with van der Waals surface area (Å²) in [6.45, 7) is 4.84. The topological polar surface area (TPSA) is 45.2 Å². The van der Waals surface area contributed by atoms with E-state index in [2.05, 4.69) is 17.1 Å². The number of fused-ring (bicyclic) bond motifs is 2. The number of nitrogens with one attached hydrogen (secondary N) is 1. The first-order valence-electron chi connectivity index (χ1n) is 10.0. The van der Waals surface area contributed by atoms with Crippen molar-refractivity contribution in [2.24, 2.45) is 0 Å². The Labute approximate surface area is 186 Å². The number of rotatable bonds is 4. The van der Waals surface area contributed by atoms with Gasteiger partial charge >= 0.3 is 0 Å². The molecule has 1 amide bonds. The molecule has 0 bridgehead atoms. The van der Waals surface area contributed by atoms with E-state index in [0.29, 0.717) is 5.00 Å². The number of hydrogen-bond acceptors (Lipinski definition) is 5. The van der Waals surface area contributed by atoms with Gasteiger partial charge in [0.05, 0.1) is 15.8 Å². The van der Waals surface area contributed by atoms with Crippen LogP contribution in [0.4, 0.5) is 13.8 Å². The van der Waals surface area contributed by atoms with Crippen LogP contribution in [0.1, 0.15) is 27.7 Å². The van der Waals surface area contributed by atoms with E-state index in [0.717, 1.165) is 59.0 Å². The number of carbonyl (C=O) groups is 1. The molecule has 0 saturated heterocycles. The van der Waals surface area contributed by atoms with Crippen molar-refractivity contribution >= 4 is 43.8 Å². The zero-order valence-corrected chi connectivity index (χ0v) is 18.4. The lowest BCUT2D eigenvalue weighted by atomic mass is 10.0. The number of benzene rings is 2. The number of para-hydroxylation sites is 1. The van der Waals surface area contributed by atoms with Gasteiger partial charge in [0, 0.05) is 29.6 Å². The van der Waals surface area contributed by atoms with Crippen molar-refractivity contribution in [3.8, 4) is 10.6 Å². The number of hydrogen-bond donors (Lipinski definition) is 1. The first kappa shape index (κ1) is 20.2.